The van der Waals surface area contributed by atoms with Crippen molar-refractivity contribution >= 4 is 0 Å². The van der Waals surface area contributed by atoms with E-state index in [1.165, 1.54) is 6.07 Å². The quantitative estimate of drug-likeness (QED) is 0.451. The van der Waals surface area contributed by atoms with Gasteiger partial charge in [0.1, 0.15) is 13.3 Å². The third-order valence-electron chi connectivity index (χ3n) is 4.51. The summed E-state index contributed by atoms with van der Waals surface area (Å²) in [6, 6.07) is 5.16. The Labute approximate surface area is 153 Å². The lowest BCUT2D eigenvalue weighted by Gasteiger charge is -2.46. The Morgan fingerprint density at radius 2 is 1.32 bits per heavy atom. The second-order valence-electron chi connectivity index (χ2n) is 6.23. The Morgan fingerprint density at radius 3 is 1.71 bits per heavy atom. The highest BCUT2D eigenvalue weighted by molar-refractivity contribution is 5.55. The summed E-state index contributed by atoms with van der Waals surface area (Å²) in [5, 5.41) is 9.16. The molecule has 1 aromatic rings. The summed E-state index contributed by atoms with van der Waals surface area (Å²) in [5.74, 6) is 0. The molecule has 1 aromatic carbocycles. The molecule has 0 aromatic heterocycles. The zero-order valence-corrected chi connectivity index (χ0v) is 13.9. The molecular formula is C18H12F9N. The molecule has 0 fully saturated rings. The van der Waals surface area contributed by atoms with Crippen molar-refractivity contribution in [3.8, 4) is 6.07 Å². The average molecular weight is 413 g/mol. The summed E-state index contributed by atoms with van der Waals surface area (Å²) in [4.78, 5) is 0. The summed E-state index contributed by atoms with van der Waals surface area (Å²) < 4.78 is 123. The lowest BCUT2D eigenvalue weighted by Crippen LogP contribution is -2.65. The van der Waals surface area contributed by atoms with Crippen LogP contribution in [-0.4, -0.2) is 31.4 Å². The van der Waals surface area contributed by atoms with Crippen LogP contribution in [0.2, 0.25) is 0 Å². The Hall–Kier alpha value is -2.44. The van der Waals surface area contributed by atoms with Crippen LogP contribution in [-0.2, 0) is 5.41 Å². The Morgan fingerprint density at radius 1 is 0.857 bits per heavy atom. The van der Waals surface area contributed by atoms with E-state index in [1.54, 1.807) is 0 Å². The van der Waals surface area contributed by atoms with Gasteiger partial charge in [-0.3, -0.25) is 0 Å². The molecule has 10 heteroatoms. The van der Waals surface area contributed by atoms with E-state index in [2.05, 4.69) is 0 Å². The third kappa shape index (κ3) is 3.16. The van der Waals surface area contributed by atoms with Crippen molar-refractivity contribution in [3.05, 3.63) is 58.7 Å². The molecule has 2 rings (SSSR count). The highest BCUT2D eigenvalue weighted by Gasteiger charge is 2.81. The molecule has 0 heterocycles. The van der Waals surface area contributed by atoms with Crippen LogP contribution in [0.25, 0.3) is 0 Å². The summed E-state index contributed by atoms with van der Waals surface area (Å²) in [5.41, 5.74) is -12.6. The summed E-state index contributed by atoms with van der Waals surface area (Å²) in [7, 11) is 0. The minimum atomic E-state index is -6.51. The number of hydrogen-bond donors (Lipinski definition) is 0. The number of nitrogens with zero attached hydrogens (tertiary/aromatic N) is 1. The Balaban J connectivity index is 3.08. The lowest BCUT2D eigenvalue weighted by atomic mass is 9.62. The van der Waals surface area contributed by atoms with Crippen LogP contribution >= 0.6 is 0 Å². The molecule has 1 aliphatic carbocycles. The molecule has 0 saturated carbocycles. The van der Waals surface area contributed by atoms with E-state index in [0.717, 1.165) is 18.2 Å². The average Bonchev–Trinajstić information content (AvgIpc) is 2.64. The van der Waals surface area contributed by atoms with Crippen LogP contribution in [0.5, 0.6) is 0 Å². The molecule has 0 atom stereocenters. The van der Waals surface area contributed by atoms with E-state index in [0.29, 0.717) is 6.07 Å². The van der Waals surface area contributed by atoms with Crippen molar-refractivity contribution in [2.24, 2.45) is 0 Å². The smallest absolute Gasteiger partial charge is 0.246 e. The first-order chi connectivity index (χ1) is 12.9. The van der Waals surface area contributed by atoms with Gasteiger partial charge in [-0.2, -0.15) is 31.6 Å². The highest BCUT2D eigenvalue weighted by Crippen LogP contribution is 2.60. The van der Waals surface area contributed by atoms with E-state index in [-0.39, 0.29) is 12.2 Å². The van der Waals surface area contributed by atoms with Gasteiger partial charge in [0.05, 0.1) is 17.0 Å². The maximum absolute atomic E-state index is 15.3. The van der Waals surface area contributed by atoms with Gasteiger partial charge in [-0.25, -0.2) is 13.2 Å². The first kappa shape index (κ1) is 21.9. The fraction of sp³-hybridized carbons (Fsp3) is 0.389. The SMILES string of the molecule is N#Cc1ccccc1C1(C(F)(C(F)(F)F)C(F)(F)F)C=C(CF)CC(CF)=C1. The molecule has 1 nitrogen and oxygen atoms in total. The number of benzene rings is 1. The van der Waals surface area contributed by atoms with Crippen LogP contribution in [0.15, 0.2) is 47.6 Å². The molecule has 1 aliphatic rings. The van der Waals surface area contributed by atoms with Crippen LogP contribution in [0.1, 0.15) is 17.5 Å². The van der Waals surface area contributed by atoms with Gasteiger partial charge in [0, 0.05) is 0 Å². The third-order valence-corrected chi connectivity index (χ3v) is 4.51. The largest absolute Gasteiger partial charge is 0.433 e. The molecule has 0 aliphatic heterocycles. The minimum absolute atomic E-state index is 0.170. The predicted molar refractivity (Wildman–Crippen MR) is 81.5 cm³/mol. The van der Waals surface area contributed by atoms with Crippen LogP contribution < -0.4 is 0 Å². The molecule has 0 saturated heterocycles. The van der Waals surface area contributed by atoms with Crippen LogP contribution in [0.3, 0.4) is 0 Å². The van der Waals surface area contributed by atoms with Gasteiger partial charge in [-0.1, -0.05) is 30.4 Å². The molecule has 0 bridgehead atoms. The predicted octanol–water partition coefficient (Wildman–Crippen LogP) is 5.82. The lowest BCUT2D eigenvalue weighted by molar-refractivity contribution is -0.354. The number of hydrogen-bond acceptors (Lipinski definition) is 1. The van der Waals surface area contributed by atoms with Gasteiger partial charge in [-0.05, 0) is 29.2 Å². The van der Waals surface area contributed by atoms with Gasteiger partial charge in [0.2, 0.25) is 0 Å². The van der Waals surface area contributed by atoms with E-state index >= 15 is 4.39 Å². The molecule has 0 radical (unpaired) electrons. The van der Waals surface area contributed by atoms with E-state index in [9.17, 15) is 35.1 Å². The van der Waals surface area contributed by atoms with Gasteiger partial charge in [0.25, 0.3) is 0 Å². The molecule has 0 amide bonds. The standard InChI is InChI=1S/C18H12F9N/c19-8-11-5-12(9-20)7-15(6-11,14-4-2-1-3-13(14)10-28)16(21,17(22,23)24)18(25,26)27/h1-4,6-7H,5,8-9H2. The van der Waals surface area contributed by atoms with Gasteiger partial charge in [-0.15, -0.1) is 0 Å². The Bertz CT molecular complexity index is 806. The number of nitriles is 1. The van der Waals surface area contributed by atoms with Crippen molar-refractivity contribution in [1.82, 2.24) is 0 Å². The molecule has 0 N–H and O–H groups in total. The fourth-order valence-electron chi connectivity index (χ4n) is 3.36. The molecule has 152 valence electrons. The van der Waals surface area contributed by atoms with Gasteiger partial charge in [0.15, 0.2) is 0 Å². The maximum atomic E-state index is 15.3. The molecule has 0 unspecified atom stereocenters. The first-order valence-electron chi connectivity index (χ1n) is 7.73. The summed E-state index contributed by atoms with van der Waals surface area (Å²) >= 11 is 0. The molecule has 28 heavy (non-hydrogen) atoms. The zero-order chi connectivity index (χ0) is 21.4. The second kappa shape index (κ2) is 7.18. The van der Waals surface area contributed by atoms with Crippen molar-refractivity contribution in [2.45, 2.75) is 29.9 Å². The monoisotopic (exact) mass is 413 g/mol. The van der Waals surface area contributed by atoms with Crippen molar-refractivity contribution < 1.29 is 39.5 Å². The van der Waals surface area contributed by atoms with Crippen molar-refractivity contribution in [1.29, 1.82) is 5.26 Å². The second-order valence-corrected chi connectivity index (χ2v) is 6.23. The number of allylic oxidation sites excluding steroid dienone is 4. The molecule has 0 spiro atoms. The maximum Gasteiger partial charge on any atom is 0.433 e. The van der Waals surface area contributed by atoms with E-state index in [4.69, 9.17) is 5.26 Å². The minimum Gasteiger partial charge on any atom is -0.246 e. The van der Waals surface area contributed by atoms with Crippen LogP contribution in [0.4, 0.5) is 39.5 Å². The van der Waals surface area contributed by atoms with Crippen molar-refractivity contribution in [2.75, 3.05) is 13.3 Å². The van der Waals surface area contributed by atoms with E-state index < -0.39 is 65.5 Å². The topological polar surface area (TPSA) is 23.8 Å². The number of alkyl halides is 9. The summed E-state index contributed by atoms with van der Waals surface area (Å²) in [6.45, 7) is -3.03. The van der Waals surface area contributed by atoms with Gasteiger partial charge >= 0.3 is 18.0 Å². The van der Waals surface area contributed by atoms with Gasteiger partial charge < -0.3 is 0 Å². The fourth-order valence-corrected chi connectivity index (χ4v) is 3.36. The highest BCUT2D eigenvalue weighted by atomic mass is 19.4. The molecular weight excluding hydrogens is 401 g/mol. The van der Waals surface area contributed by atoms with Crippen LogP contribution in [0, 0.1) is 11.3 Å². The normalized spacial score (nSPS) is 17.6. The number of halogens is 9. The summed E-state index contributed by atoms with van der Waals surface area (Å²) in [6.07, 6.45) is -13.3. The number of rotatable bonds is 4. The van der Waals surface area contributed by atoms with Crippen molar-refractivity contribution in [3.63, 3.8) is 0 Å². The van der Waals surface area contributed by atoms with E-state index in [1.807, 2.05) is 0 Å². The zero-order valence-electron chi connectivity index (χ0n) is 13.9. The Kier molecular flexibility index (Phi) is 5.61. The first-order valence-corrected chi connectivity index (χ1v) is 7.73.